The van der Waals surface area contributed by atoms with E-state index in [0.29, 0.717) is 49.7 Å². The molecule has 7 nitrogen and oxygen atoms in total. The number of benzene rings is 2. The van der Waals surface area contributed by atoms with Gasteiger partial charge < -0.3 is 14.2 Å². The van der Waals surface area contributed by atoms with E-state index in [1.54, 1.807) is 24.3 Å². The Morgan fingerprint density at radius 3 is 2.13 bits per heavy atom. The molecular formula is C39H48O7. The maximum Gasteiger partial charge on any atom is 0.338 e. The van der Waals surface area contributed by atoms with Gasteiger partial charge in [-0.15, -0.1) is 0 Å². The first-order valence-electron chi connectivity index (χ1n) is 17.2. The van der Waals surface area contributed by atoms with E-state index in [2.05, 4.69) is 20.8 Å². The fourth-order valence-electron chi connectivity index (χ4n) is 10.4. The number of Topliss-reactive ketones (excluding diaryl/α,β-unsaturated/α-hetero) is 1. The van der Waals surface area contributed by atoms with Gasteiger partial charge >= 0.3 is 17.9 Å². The molecule has 0 saturated heterocycles. The Morgan fingerprint density at radius 1 is 0.870 bits per heavy atom. The number of rotatable bonds is 8. The fourth-order valence-corrected chi connectivity index (χ4v) is 10.4. The molecule has 4 aliphatic carbocycles. The molecule has 0 spiro atoms. The van der Waals surface area contributed by atoms with Crippen molar-refractivity contribution in [3.8, 4) is 0 Å². The molecule has 7 heteroatoms. The van der Waals surface area contributed by atoms with Gasteiger partial charge in [-0.2, -0.15) is 0 Å². The molecule has 0 bridgehead atoms. The van der Waals surface area contributed by atoms with Crippen molar-refractivity contribution in [2.75, 3.05) is 7.11 Å². The maximum atomic E-state index is 13.7. The summed E-state index contributed by atoms with van der Waals surface area (Å²) in [6, 6.07) is 18.3. The largest absolute Gasteiger partial charge is 0.469 e. The highest BCUT2D eigenvalue weighted by Gasteiger charge is 2.67. The molecule has 4 fully saturated rings. The fraction of sp³-hybridized carbons (Fsp3) is 0.590. The third kappa shape index (κ3) is 5.79. The number of fused-ring (bicyclic) bond motifs is 5. The lowest BCUT2D eigenvalue weighted by molar-refractivity contribution is -0.201. The zero-order chi connectivity index (χ0) is 32.6. The van der Waals surface area contributed by atoms with Gasteiger partial charge in [-0.05, 0) is 97.8 Å². The summed E-state index contributed by atoms with van der Waals surface area (Å²) in [7, 11) is 1.42. The standard InChI is InChI=1S/C39H48O7/c1-24(15-18-34(41)44-4)29-16-17-30-35-31(23-33(39(29,30)3)46-37(43)26-13-9-6-10-14-26)38(2)20-19-28(40)21-27(38)22-32(35)45-36(42)25-11-7-5-8-12-25/h5-14,24,27,29-33,35H,15-23H2,1-4H3. The second-order valence-corrected chi connectivity index (χ2v) is 14.9. The van der Waals surface area contributed by atoms with Crippen molar-refractivity contribution in [1.29, 1.82) is 0 Å². The number of carbonyl (C=O) groups is 4. The molecule has 0 N–H and O–H groups in total. The Balaban J connectivity index is 1.39. The Morgan fingerprint density at radius 2 is 1.50 bits per heavy atom. The monoisotopic (exact) mass is 628 g/mol. The summed E-state index contributed by atoms with van der Waals surface area (Å²) in [5, 5.41) is 0. The number of ketones is 1. The van der Waals surface area contributed by atoms with Gasteiger partial charge in [0.2, 0.25) is 0 Å². The molecule has 6 rings (SSSR count). The molecule has 10 atom stereocenters. The van der Waals surface area contributed by atoms with E-state index >= 15 is 0 Å². The lowest BCUT2D eigenvalue weighted by Gasteiger charge is -2.63. The average Bonchev–Trinajstić information content (AvgIpc) is 3.43. The van der Waals surface area contributed by atoms with Gasteiger partial charge in [0, 0.05) is 30.6 Å². The van der Waals surface area contributed by atoms with Gasteiger partial charge in [-0.25, -0.2) is 9.59 Å². The van der Waals surface area contributed by atoms with Gasteiger partial charge in [0.05, 0.1) is 18.2 Å². The molecule has 2 aromatic carbocycles. The minimum Gasteiger partial charge on any atom is -0.469 e. The first-order valence-corrected chi connectivity index (χ1v) is 17.2. The summed E-state index contributed by atoms with van der Waals surface area (Å²) in [6.45, 7) is 6.83. The Hall–Kier alpha value is -3.48. The predicted octanol–water partition coefficient (Wildman–Crippen LogP) is 7.47. The molecule has 0 aromatic heterocycles. The summed E-state index contributed by atoms with van der Waals surface area (Å²) in [5.74, 6) is 0.295. The first-order chi connectivity index (χ1) is 22.1. The van der Waals surface area contributed by atoms with E-state index < -0.39 is 0 Å². The van der Waals surface area contributed by atoms with Crippen LogP contribution in [0.4, 0.5) is 0 Å². The molecule has 0 aliphatic heterocycles. The number of ether oxygens (including phenoxy) is 3. The normalized spacial score (nSPS) is 35.6. The highest BCUT2D eigenvalue weighted by atomic mass is 16.6. The lowest BCUT2D eigenvalue weighted by atomic mass is 9.43. The van der Waals surface area contributed by atoms with Gasteiger partial charge in [-0.3, -0.25) is 9.59 Å². The highest BCUT2D eigenvalue weighted by Crippen LogP contribution is 2.69. The van der Waals surface area contributed by atoms with Crippen LogP contribution in [-0.2, 0) is 23.8 Å². The van der Waals surface area contributed by atoms with Crippen molar-refractivity contribution in [2.24, 2.45) is 46.3 Å². The van der Waals surface area contributed by atoms with Gasteiger partial charge in [-0.1, -0.05) is 57.2 Å². The number of hydrogen-bond donors (Lipinski definition) is 0. The van der Waals surface area contributed by atoms with Crippen LogP contribution in [0, 0.1) is 46.3 Å². The van der Waals surface area contributed by atoms with Crippen molar-refractivity contribution >= 4 is 23.7 Å². The number of carbonyl (C=O) groups excluding carboxylic acids is 4. The van der Waals surface area contributed by atoms with E-state index in [-0.39, 0.29) is 82.2 Å². The maximum absolute atomic E-state index is 13.7. The molecule has 4 saturated carbocycles. The molecule has 10 unspecified atom stereocenters. The van der Waals surface area contributed by atoms with E-state index in [1.165, 1.54) is 7.11 Å². The lowest BCUT2D eigenvalue weighted by Crippen LogP contribution is -2.63. The van der Waals surface area contributed by atoms with Crippen molar-refractivity contribution in [3.05, 3.63) is 71.8 Å². The number of methoxy groups -OCH3 is 1. The van der Waals surface area contributed by atoms with Crippen LogP contribution in [0.15, 0.2) is 60.7 Å². The van der Waals surface area contributed by atoms with Crippen molar-refractivity contribution in [1.82, 2.24) is 0 Å². The van der Waals surface area contributed by atoms with Crippen LogP contribution in [0.2, 0.25) is 0 Å². The summed E-state index contributed by atoms with van der Waals surface area (Å²) >= 11 is 0. The molecule has 0 amide bonds. The van der Waals surface area contributed by atoms with Crippen molar-refractivity contribution in [3.63, 3.8) is 0 Å². The van der Waals surface area contributed by atoms with E-state index in [4.69, 9.17) is 14.2 Å². The smallest absolute Gasteiger partial charge is 0.338 e. The predicted molar refractivity (Wildman–Crippen MR) is 173 cm³/mol. The van der Waals surface area contributed by atoms with Crippen LogP contribution >= 0.6 is 0 Å². The Kier molecular flexibility index (Phi) is 9.15. The first kappa shape index (κ1) is 32.5. The van der Waals surface area contributed by atoms with Crippen molar-refractivity contribution < 1.29 is 33.4 Å². The summed E-state index contributed by atoms with van der Waals surface area (Å²) in [6.07, 6.45) is 5.45. The molecule has 0 heterocycles. The summed E-state index contributed by atoms with van der Waals surface area (Å²) < 4.78 is 18.0. The Bertz CT molecular complexity index is 1440. The van der Waals surface area contributed by atoms with E-state index in [1.807, 2.05) is 36.4 Å². The zero-order valence-electron chi connectivity index (χ0n) is 27.6. The van der Waals surface area contributed by atoms with E-state index in [0.717, 1.165) is 19.3 Å². The molecule has 2 aromatic rings. The Labute approximate surface area is 272 Å². The second kappa shape index (κ2) is 13.0. The van der Waals surface area contributed by atoms with Crippen molar-refractivity contribution in [2.45, 2.75) is 90.8 Å². The summed E-state index contributed by atoms with van der Waals surface area (Å²) in [5.41, 5.74) is 0.554. The highest BCUT2D eigenvalue weighted by molar-refractivity contribution is 5.90. The molecule has 46 heavy (non-hydrogen) atoms. The SMILES string of the molecule is COC(=O)CCC(C)C1CCC2C3C(OC(=O)c4ccccc4)CC4CC(=O)CCC4(C)C3CC(OC(=O)c3ccccc3)C12C. The third-order valence-electron chi connectivity index (χ3n) is 12.9. The van der Waals surface area contributed by atoms with Crippen LogP contribution in [0.5, 0.6) is 0 Å². The van der Waals surface area contributed by atoms with E-state index in [9.17, 15) is 19.2 Å². The van der Waals surface area contributed by atoms with Crippen LogP contribution in [0.3, 0.4) is 0 Å². The van der Waals surface area contributed by atoms with Gasteiger partial charge in [0.1, 0.15) is 18.0 Å². The zero-order valence-corrected chi connectivity index (χ0v) is 27.6. The van der Waals surface area contributed by atoms with Crippen LogP contribution in [0.1, 0.15) is 99.3 Å². The van der Waals surface area contributed by atoms with Crippen LogP contribution in [0.25, 0.3) is 0 Å². The minimum atomic E-state index is -0.383. The van der Waals surface area contributed by atoms with Gasteiger partial charge in [0.15, 0.2) is 0 Å². The quantitative estimate of drug-likeness (QED) is 0.221. The van der Waals surface area contributed by atoms with Gasteiger partial charge in [0.25, 0.3) is 0 Å². The average molecular weight is 629 g/mol. The van der Waals surface area contributed by atoms with Crippen LogP contribution < -0.4 is 0 Å². The number of esters is 3. The third-order valence-corrected chi connectivity index (χ3v) is 12.9. The minimum absolute atomic E-state index is 0.0802. The van der Waals surface area contributed by atoms with Crippen LogP contribution in [-0.4, -0.2) is 43.0 Å². The molecule has 0 radical (unpaired) electrons. The second-order valence-electron chi connectivity index (χ2n) is 14.9. The summed E-state index contributed by atoms with van der Waals surface area (Å²) in [4.78, 5) is 52.2. The molecule has 246 valence electrons. The molecule has 4 aliphatic rings. The molecular weight excluding hydrogens is 580 g/mol. The topological polar surface area (TPSA) is 96.0 Å². The number of hydrogen-bond acceptors (Lipinski definition) is 7.